The maximum absolute atomic E-state index is 12.7. The van der Waals surface area contributed by atoms with Crippen LogP contribution in [0.25, 0.3) is 0 Å². The Balaban J connectivity index is 3.00. The fourth-order valence-electron chi connectivity index (χ4n) is 4.18. The third-order valence-corrected chi connectivity index (χ3v) is 6.22. The molecule has 1 aromatic rings. The molecule has 0 fully saturated rings. The van der Waals surface area contributed by atoms with Crippen LogP contribution < -0.4 is 5.11 Å². The number of nitrogens with zero attached hydrogens (tertiary/aromatic N) is 1. The second-order valence-electron chi connectivity index (χ2n) is 9.82. The van der Waals surface area contributed by atoms with Gasteiger partial charge in [0.15, 0.2) is 0 Å². The number of hydrogen-bond acceptors (Lipinski definition) is 2. The van der Waals surface area contributed by atoms with Gasteiger partial charge in [-0.2, -0.15) is 0 Å². The van der Waals surface area contributed by atoms with E-state index in [1.54, 1.807) is 6.07 Å². The van der Waals surface area contributed by atoms with Crippen LogP contribution in [0.15, 0.2) is 12.1 Å². The van der Waals surface area contributed by atoms with Crippen molar-refractivity contribution in [2.24, 2.45) is 0 Å². The molecule has 0 heterocycles. The van der Waals surface area contributed by atoms with Gasteiger partial charge in [0.2, 0.25) is 0 Å². The summed E-state index contributed by atoms with van der Waals surface area (Å²) in [6.07, 6.45) is 10.0. The van der Waals surface area contributed by atoms with Gasteiger partial charge in [0.25, 0.3) is 0 Å². The van der Waals surface area contributed by atoms with Crippen molar-refractivity contribution in [1.82, 2.24) is 0 Å². The Morgan fingerprint density at radius 3 is 1.76 bits per heavy atom. The summed E-state index contributed by atoms with van der Waals surface area (Å²) < 4.78 is 1.20. The Hall–Kier alpha value is -1.35. The third kappa shape index (κ3) is 8.12. The topological polar surface area (TPSA) is 40.1 Å². The van der Waals surface area contributed by atoms with Crippen molar-refractivity contribution in [1.29, 1.82) is 0 Å². The van der Waals surface area contributed by atoms with Crippen LogP contribution in [0.2, 0.25) is 0 Å². The number of rotatable bonds is 14. The van der Waals surface area contributed by atoms with Crippen molar-refractivity contribution in [3.05, 3.63) is 28.8 Å². The lowest BCUT2D eigenvalue weighted by atomic mass is 9.84. The smallest absolute Gasteiger partial charge is 0.149 e. The van der Waals surface area contributed by atoms with Crippen LogP contribution in [-0.2, 0) is 11.8 Å². The van der Waals surface area contributed by atoms with Gasteiger partial charge in [0, 0.05) is 12.0 Å². The van der Waals surface area contributed by atoms with Gasteiger partial charge in [-0.25, -0.2) is 0 Å². The monoisotopic (exact) mass is 403 g/mol. The first kappa shape index (κ1) is 25.7. The molecule has 0 unspecified atom stereocenters. The number of quaternary nitrogens is 1. The molecule has 1 aromatic carbocycles. The normalized spacial score (nSPS) is 12.3. The minimum absolute atomic E-state index is 0.0661. The maximum Gasteiger partial charge on any atom is 0.149 e. The summed E-state index contributed by atoms with van der Waals surface area (Å²) in [5, 5.41) is 12.7. The van der Waals surface area contributed by atoms with E-state index in [1.165, 1.54) is 62.6 Å². The number of carbonyl (C=O) groups is 1. The number of hydrogen-bond donors (Lipinski definition) is 0. The average molecular weight is 404 g/mol. The zero-order valence-corrected chi connectivity index (χ0v) is 20.0. The lowest BCUT2D eigenvalue weighted by Crippen LogP contribution is -2.50. The first-order chi connectivity index (χ1) is 13.7. The van der Waals surface area contributed by atoms with Gasteiger partial charge >= 0.3 is 0 Å². The maximum atomic E-state index is 12.7. The Morgan fingerprint density at radius 1 is 0.862 bits per heavy atom. The molecular formula is C26H45NO2. The van der Waals surface area contributed by atoms with E-state index in [9.17, 15) is 9.90 Å². The predicted octanol–water partition coefficient (Wildman–Crippen LogP) is 6.02. The summed E-state index contributed by atoms with van der Waals surface area (Å²) in [7, 11) is 0. The Labute approximate surface area is 180 Å². The molecule has 0 atom stereocenters. The average Bonchev–Trinajstić information content (AvgIpc) is 2.69. The van der Waals surface area contributed by atoms with Gasteiger partial charge < -0.3 is 9.59 Å². The van der Waals surface area contributed by atoms with Gasteiger partial charge in [-0.3, -0.25) is 4.79 Å². The van der Waals surface area contributed by atoms with E-state index in [1.807, 2.05) is 6.07 Å². The van der Waals surface area contributed by atoms with Gasteiger partial charge in [-0.1, -0.05) is 78.2 Å². The summed E-state index contributed by atoms with van der Waals surface area (Å²) in [6, 6.07) is 3.83. The highest BCUT2D eigenvalue weighted by molar-refractivity contribution is 5.80. The van der Waals surface area contributed by atoms with Crippen molar-refractivity contribution in [3.8, 4) is 5.75 Å². The lowest BCUT2D eigenvalue weighted by molar-refractivity contribution is -0.929. The Bertz CT molecular complexity index is 594. The molecule has 29 heavy (non-hydrogen) atoms. The molecule has 3 heteroatoms. The summed E-state index contributed by atoms with van der Waals surface area (Å²) in [5.74, 6) is -0.0678. The fourth-order valence-corrected chi connectivity index (χ4v) is 4.18. The quantitative estimate of drug-likeness (QED) is 0.281. The van der Waals surface area contributed by atoms with Gasteiger partial charge in [0.05, 0.1) is 26.2 Å². The van der Waals surface area contributed by atoms with E-state index in [4.69, 9.17) is 0 Å². The molecule has 0 aromatic heterocycles. The van der Waals surface area contributed by atoms with Crippen molar-refractivity contribution >= 4 is 6.29 Å². The zero-order valence-electron chi connectivity index (χ0n) is 20.0. The second kappa shape index (κ2) is 12.4. The zero-order chi connectivity index (χ0) is 21.9. The van der Waals surface area contributed by atoms with Gasteiger partial charge in [-0.05, 0) is 42.7 Å². The first-order valence-corrected chi connectivity index (χ1v) is 11.9. The lowest BCUT2D eigenvalue weighted by Gasteiger charge is -2.39. The van der Waals surface area contributed by atoms with E-state index in [-0.39, 0.29) is 11.2 Å². The molecule has 0 aliphatic rings. The highest BCUT2D eigenvalue weighted by Crippen LogP contribution is 2.30. The molecule has 0 radical (unpaired) electrons. The fraction of sp³-hybridized carbons (Fsp3) is 0.731. The van der Waals surface area contributed by atoms with E-state index < -0.39 is 0 Å². The molecule has 0 aliphatic carbocycles. The Kier molecular flexibility index (Phi) is 11.0. The predicted molar refractivity (Wildman–Crippen MR) is 123 cm³/mol. The van der Waals surface area contributed by atoms with E-state index >= 15 is 0 Å². The molecule has 0 saturated carbocycles. The number of benzene rings is 1. The molecule has 0 N–H and O–H groups in total. The minimum Gasteiger partial charge on any atom is -0.872 e. The summed E-state index contributed by atoms with van der Waals surface area (Å²) in [4.78, 5) is 11.4. The van der Waals surface area contributed by atoms with Gasteiger partial charge in [-0.15, -0.1) is 0 Å². The number of carbonyl (C=O) groups excluding carboxylic acids is 1. The van der Waals surface area contributed by atoms with Crippen molar-refractivity contribution in [2.75, 3.05) is 26.2 Å². The number of aryl methyl sites for hydroxylation is 1. The first-order valence-electron chi connectivity index (χ1n) is 11.9. The molecule has 3 nitrogen and oxygen atoms in total. The molecular weight excluding hydrogens is 358 g/mol. The number of aldehydes is 1. The molecule has 1 rings (SSSR count). The van der Waals surface area contributed by atoms with E-state index in [0.29, 0.717) is 5.56 Å². The highest BCUT2D eigenvalue weighted by atomic mass is 16.3. The van der Waals surface area contributed by atoms with Crippen LogP contribution >= 0.6 is 0 Å². The molecule has 0 amide bonds. The van der Waals surface area contributed by atoms with E-state index in [0.717, 1.165) is 36.8 Å². The largest absolute Gasteiger partial charge is 0.872 e. The van der Waals surface area contributed by atoms with Crippen LogP contribution in [0.5, 0.6) is 5.75 Å². The third-order valence-electron chi connectivity index (χ3n) is 6.22. The summed E-state index contributed by atoms with van der Waals surface area (Å²) in [6.45, 7) is 18.1. The summed E-state index contributed by atoms with van der Waals surface area (Å²) in [5.41, 5.74) is 2.15. The Morgan fingerprint density at radius 2 is 1.34 bits per heavy atom. The molecule has 166 valence electrons. The van der Waals surface area contributed by atoms with Crippen LogP contribution in [0.1, 0.15) is 108 Å². The van der Waals surface area contributed by atoms with Gasteiger partial charge in [0.1, 0.15) is 6.29 Å². The van der Waals surface area contributed by atoms with Crippen LogP contribution in [0.3, 0.4) is 0 Å². The van der Waals surface area contributed by atoms with Crippen LogP contribution in [-0.4, -0.2) is 36.9 Å². The second-order valence-corrected chi connectivity index (χ2v) is 9.82. The van der Waals surface area contributed by atoms with E-state index in [2.05, 4.69) is 41.5 Å². The van der Waals surface area contributed by atoms with Crippen LogP contribution in [0, 0.1) is 0 Å². The molecule has 0 bridgehead atoms. The standard InChI is InChI=1S/C26H45NO2/c1-7-10-15-27(16-11-8-2,17-12-9-3)18-13-14-22-19-24(26(4,5)6)20-23(21-28)25(22)29/h19-21H,7-18H2,1-6H3. The number of unbranched alkanes of at least 4 members (excludes halogenated alkanes) is 3. The molecule has 0 spiro atoms. The van der Waals surface area contributed by atoms with Crippen molar-refractivity contribution in [2.45, 2.75) is 98.3 Å². The minimum atomic E-state index is -0.0678. The van der Waals surface area contributed by atoms with Crippen molar-refractivity contribution < 1.29 is 14.4 Å². The van der Waals surface area contributed by atoms with Crippen LogP contribution in [0.4, 0.5) is 0 Å². The van der Waals surface area contributed by atoms with Crippen molar-refractivity contribution in [3.63, 3.8) is 0 Å². The summed E-state index contributed by atoms with van der Waals surface area (Å²) >= 11 is 0. The highest BCUT2D eigenvalue weighted by Gasteiger charge is 2.25. The molecule has 0 saturated heterocycles. The SMILES string of the molecule is CCCC[N+](CCCC)(CCCC)CCCc1cc(C(C)(C)C)cc(C=O)c1[O-]. The molecule has 0 aliphatic heterocycles.